The average Bonchev–Trinajstić information content (AvgIpc) is 2.35. The zero-order chi connectivity index (χ0) is 12.3. The van der Waals surface area contributed by atoms with Crippen molar-refractivity contribution in [1.29, 1.82) is 0 Å². The molecule has 1 aromatic rings. The van der Waals surface area contributed by atoms with Gasteiger partial charge in [-0.1, -0.05) is 17.2 Å². The van der Waals surface area contributed by atoms with Gasteiger partial charge in [-0.05, 0) is 24.5 Å². The summed E-state index contributed by atoms with van der Waals surface area (Å²) in [7, 11) is -0.603. The fourth-order valence-corrected chi connectivity index (χ4v) is 1.91. The van der Waals surface area contributed by atoms with Crippen molar-refractivity contribution in [3.63, 3.8) is 0 Å². The zero-order valence-electron chi connectivity index (χ0n) is 9.52. The van der Waals surface area contributed by atoms with Gasteiger partial charge in [-0.15, -0.1) is 0 Å². The van der Waals surface area contributed by atoms with E-state index >= 15 is 0 Å². The lowest BCUT2D eigenvalue weighted by atomic mass is 9.83. The van der Waals surface area contributed by atoms with Crippen LogP contribution in [-0.4, -0.2) is 31.3 Å². The molecule has 0 aromatic heterocycles. The number of ether oxygens (including phenoxy) is 1. The van der Waals surface area contributed by atoms with Crippen molar-refractivity contribution < 1.29 is 9.76 Å². The number of hydrogen-bond donors (Lipinski definition) is 1. The van der Waals surface area contributed by atoms with Crippen LogP contribution in [-0.2, 0) is 0 Å². The highest BCUT2D eigenvalue weighted by Crippen LogP contribution is 2.33. The molecular weight excluding hydrogens is 219 g/mol. The molecule has 1 N–H and O–H groups in total. The smallest absolute Gasteiger partial charge is 0.409 e. The Morgan fingerprint density at radius 3 is 3.12 bits per heavy atom. The SMILES string of the molecule is CB(O)N1CC(CN=[N+]=[N-])Oc2ccccc21. The van der Waals surface area contributed by atoms with Gasteiger partial charge < -0.3 is 14.6 Å². The summed E-state index contributed by atoms with van der Waals surface area (Å²) in [5.74, 6) is 0.706. The molecule has 7 heteroatoms. The van der Waals surface area contributed by atoms with E-state index in [1.165, 1.54) is 0 Å². The fraction of sp³-hybridized carbons (Fsp3) is 0.400. The number of fused-ring (bicyclic) bond motifs is 1. The normalized spacial score (nSPS) is 17.8. The van der Waals surface area contributed by atoms with Gasteiger partial charge in [-0.2, -0.15) is 0 Å². The second-order valence-electron chi connectivity index (χ2n) is 3.91. The molecule has 2 rings (SSSR count). The lowest BCUT2D eigenvalue weighted by Gasteiger charge is -2.36. The maximum atomic E-state index is 9.73. The van der Waals surface area contributed by atoms with Gasteiger partial charge in [0, 0.05) is 11.5 Å². The molecule has 1 aromatic carbocycles. The number of nitrogens with zero attached hydrogens (tertiary/aromatic N) is 4. The third kappa shape index (κ3) is 2.46. The van der Waals surface area contributed by atoms with Gasteiger partial charge in [0.15, 0.2) is 0 Å². The molecule has 88 valence electrons. The van der Waals surface area contributed by atoms with Crippen LogP contribution < -0.4 is 9.55 Å². The Balaban J connectivity index is 2.26. The van der Waals surface area contributed by atoms with E-state index in [1.807, 2.05) is 29.1 Å². The van der Waals surface area contributed by atoms with Gasteiger partial charge in [0.05, 0.1) is 12.2 Å². The first-order valence-corrected chi connectivity index (χ1v) is 5.43. The molecule has 0 saturated heterocycles. The Labute approximate surface area is 99.6 Å². The number of anilines is 1. The third-order valence-electron chi connectivity index (χ3n) is 2.67. The maximum Gasteiger partial charge on any atom is 0.409 e. The molecule has 0 fully saturated rings. The van der Waals surface area contributed by atoms with Crippen molar-refractivity contribution in [1.82, 2.24) is 0 Å². The number of benzene rings is 1. The third-order valence-corrected chi connectivity index (χ3v) is 2.67. The standard InChI is InChI=1S/C10H13BN4O2/c1-11(16)15-7-8(6-13-14-12)17-10-5-3-2-4-9(10)15/h2-5,8,16H,6-7H2,1H3. The van der Waals surface area contributed by atoms with Crippen molar-refractivity contribution in [2.24, 2.45) is 5.11 Å². The second-order valence-corrected chi connectivity index (χ2v) is 3.91. The summed E-state index contributed by atoms with van der Waals surface area (Å²) >= 11 is 0. The summed E-state index contributed by atoms with van der Waals surface area (Å²) in [6.45, 7) is 2.47. The molecular formula is C10H13BN4O2. The molecule has 0 amide bonds. The van der Waals surface area contributed by atoms with Crippen LogP contribution >= 0.6 is 0 Å². The topological polar surface area (TPSA) is 81.5 Å². The molecule has 17 heavy (non-hydrogen) atoms. The molecule has 1 aliphatic rings. The van der Waals surface area contributed by atoms with Crippen LogP contribution in [0.15, 0.2) is 29.4 Å². The summed E-state index contributed by atoms with van der Waals surface area (Å²) in [6.07, 6.45) is -0.226. The van der Waals surface area contributed by atoms with E-state index in [2.05, 4.69) is 10.0 Å². The molecule has 1 heterocycles. The Bertz CT molecular complexity index is 448. The second kappa shape index (κ2) is 4.99. The number of rotatable bonds is 3. The summed E-state index contributed by atoms with van der Waals surface area (Å²) < 4.78 is 5.70. The Morgan fingerprint density at radius 1 is 1.65 bits per heavy atom. The average molecular weight is 232 g/mol. The largest absolute Gasteiger partial charge is 0.486 e. The predicted octanol–water partition coefficient (Wildman–Crippen LogP) is 1.67. The lowest BCUT2D eigenvalue weighted by Crippen LogP contribution is -2.48. The van der Waals surface area contributed by atoms with Crippen LogP contribution in [0, 0.1) is 0 Å². The molecule has 1 aliphatic heterocycles. The summed E-state index contributed by atoms with van der Waals surface area (Å²) in [5, 5.41) is 13.2. The van der Waals surface area contributed by atoms with Crippen LogP contribution in [0.2, 0.25) is 6.82 Å². The van der Waals surface area contributed by atoms with Crippen LogP contribution in [0.1, 0.15) is 0 Å². The van der Waals surface area contributed by atoms with Gasteiger partial charge in [0.1, 0.15) is 11.9 Å². The Hall–Kier alpha value is -1.85. The predicted molar refractivity (Wildman–Crippen MR) is 66.1 cm³/mol. The van der Waals surface area contributed by atoms with Crippen LogP contribution in [0.4, 0.5) is 5.69 Å². The van der Waals surface area contributed by atoms with Crippen LogP contribution in [0.5, 0.6) is 5.75 Å². The summed E-state index contributed by atoms with van der Waals surface area (Å²) in [6, 6.07) is 7.50. The minimum atomic E-state index is -0.603. The van der Waals surface area contributed by atoms with Crippen molar-refractivity contribution in [3.8, 4) is 5.75 Å². The maximum absolute atomic E-state index is 9.73. The number of azide groups is 1. The lowest BCUT2D eigenvalue weighted by molar-refractivity contribution is 0.206. The quantitative estimate of drug-likeness (QED) is 0.372. The van der Waals surface area contributed by atoms with E-state index in [0.717, 1.165) is 5.69 Å². The van der Waals surface area contributed by atoms with Gasteiger partial charge in [-0.25, -0.2) is 0 Å². The molecule has 0 aliphatic carbocycles. The molecule has 6 nitrogen and oxygen atoms in total. The number of hydrogen-bond acceptors (Lipinski definition) is 4. The highest BCUT2D eigenvalue weighted by Gasteiger charge is 2.29. The van der Waals surface area contributed by atoms with Crippen LogP contribution in [0.3, 0.4) is 0 Å². The molecule has 0 bridgehead atoms. The van der Waals surface area contributed by atoms with E-state index in [4.69, 9.17) is 10.3 Å². The summed E-state index contributed by atoms with van der Waals surface area (Å²) in [4.78, 5) is 4.55. The van der Waals surface area contributed by atoms with Gasteiger partial charge in [0.25, 0.3) is 0 Å². The molecule has 0 saturated carbocycles. The monoisotopic (exact) mass is 232 g/mol. The van der Waals surface area contributed by atoms with E-state index in [0.29, 0.717) is 12.3 Å². The highest BCUT2D eigenvalue weighted by molar-refractivity contribution is 6.54. The highest BCUT2D eigenvalue weighted by atomic mass is 16.5. The molecule has 0 spiro atoms. The van der Waals surface area contributed by atoms with Crippen molar-refractivity contribution in [2.45, 2.75) is 12.9 Å². The Kier molecular flexibility index (Phi) is 3.42. The van der Waals surface area contributed by atoms with Crippen molar-refractivity contribution >= 4 is 12.7 Å². The Morgan fingerprint density at radius 2 is 2.41 bits per heavy atom. The summed E-state index contributed by atoms with van der Waals surface area (Å²) in [5.41, 5.74) is 9.17. The number of para-hydroxylation sites is 2. The minimum absolute atomic E-state index is 0.226. The van der Waals surface area contributed by atoms with Gasteiger partial charge in [-0.3, -0.25) is 0 Å². The first kappa shape index (κ1) is 11.6. The van der Waals surface area contributed by atoms with Gasteiger partial charge in [0.2, 0.25) is 0 Å². The first-order valence-electron chi connectivity index (χ1n) is 5.43. The van der Waals surface area contributed by atoms with Gasteiger partial charge >= 0.3 is 7.05 Å². The first-order chi connectivity index (χ1) is 8.22. The van der Waals surface area contributed by atoms with E-state index in [1.54, 1.807) is 6.82 Å². The zero-order valence-corrected chi connectivity index (χ0v) is 9.52. The van der Waals surface area contributed by atoms with E-state index in [9.17, 15) is 5.02 Å². The van der Waals surface area contributed by atoms with Crippen molar-refractivity contribution in [2.75, 3.05) is 17.9 Å². The molecule has 1 atom stereocenters. The van der Waals surface area contributed by atoms with E-state index < -0.39 is 7.05 Å². The fourth-order valence-electron chi connectivity index (χ4n) is 1.91. The van der Waals surface area contributed by atoms with Crippen molar-refractivity contribution in [3.05, 3.63) is 34.7 Å². The molecule has 0 radical (unpaired) electrons. The molecule has 1 unspecified atom stereocenters. The van der Waals surface area contributed by atoms with Crippen LogP contribution in [0.25, 0.3) is 10.4 Å². The van der Waals surface area contributed by atoms with E-state index in [-0.39, 0.29) is 12.6 Å². The minimum Gasteiger partial charge on any atom is -0.486 e.